The molecule has 30 heavy (non-hydrogen) atoms. The van der Waals surface area contributed by atoms with Crippen LogP contribution in [0.4, 0.5) is 0 Å². The van der Waals surface area contributed by atoms with Crippen LogP contribution in [0.25, 0.3) is 0 Å². The van der Waals surface area contributed by atoms with E-state index in [1.54, 1.807) is 0 Å². The largest absolute Gasteiger partial charge is 0.494 e. The molecule has 160 valence electrons. The number of rotatable bonds is 12. The Morgan fingerprint density at radius 2 is 1.80 bits per heavy atom. The van der Waals surface area contributed by atoms with Gasteiger partial charge in [-0.25, -0.2) is 0 Å². The van der Waals surface area contributed by atoms with E-state index in [2.05, 4.69) is 10.6 Å². The van der Waals surface area contributed by atoms with Crippen molar-refractivity contribution in [1.82, 2.24) is 10.6 Å². The van der Waals surface area contributed by atoms with Gasteiger partial charge in [-0.3, -0.25) is 9.59 Å². The summed E-state index contributed by atoms with van der Waals surface area (Å²) >= 11 is 0. The molecule has 1 aliphatic rings. The molecule has 0 aromatic heterocycles. The SMILES string of the molecule is Cc1cccc(OCCCC(=O)NCCc2ccc(OCC(=O)NC3CC3)cc2)c1. The van der Waals surface area contributed by atoms with Gasteiger partial charge in [0.15, 0.2) is 6.61 Å². The predicted molar refractivity (Wildman–Crippen MR) is 116 cm³/mol. The van der Waals surface area contributed by atoms with Gasteiger partial charge >= 0.3 is 0 Å². The van der Waals surface area contributed by atoms with E-state index in [1.807, 2.05) is 55.5 Å². The lowest BCUT2D eigenvalue weighted by Gasteiger charge is -2.09. The van der Waals surface area contributed by atoms with E-state index in [-0.39, 0.29) is 18.4 Å². The minimum absolute atomic E-state index is 0.0319. The van der Waals surface area contributed by atoms with Crippen LogP contribution in [0.5, 0.6) is 11.5 Å². The first kappa shape index (κ1) is 21.7. The molecule has 2 aromatic carbocycles. The second-order valence-corrected chi connectivity index (χ2v) is 7.64. The Bertz CT molecular complexity index is 831. The topological polar surface area (TPSA) is 76.7 Å². The van der Waals surface area contributed by atoms with Crippen LogP contribution in [0.2, 0.25) is 0 Å². The third-order valence-corrected chi connectivity index (χ3v) is 4.78. The summed E-state index contributed by atoms with van der Waals surface area (Å²) in [5.74, 6) is 1.46. The molecule has 1 saturated carbocycles. The van der Waals surface area contributed by atoms with E-state index in [9.17, 15) is 9.59 Å². The van der Waals surface area contributed by atoms with E-state index >= 15 is 0 Å². The summed E-state index contributed by atoms with van der Waals surface area (Å²) in [5.41, 5.74) is 2.26. The number of carbonyl (C=O) groups excluding carboxylic acids is 2. The number of ether oxygens (including phenoxy) is 2. The van der Waals surface area contributed by atoms with E-state index in [0.29, 0.717) is 37.8 Å². The average molecular weight is 411 g/mol. The summed E-state index contributed by atoms with van der Waals surface area (Å²) in [7, 11) is 0. The highest BCUT2D eigenvalue weighted by molar-refractivity contribution is 5.78. The summed E-state index contributed by atoms with van der Waals surface area (Å²) in [4.78, 5) is 23.6. The van der Waals surface area contributed by atoms with E-state index < -0.39 is 0 Å². The van der Waals surface area contributed by atoms with Gasteiger partial charge in [0.25, 0.3) is 5.91 Å². The lowest BCUT2D eigenvalue weighted by atomic mass is 10.1. The summed E-state index contributed by atoms with van der Waals surface area (Å²) in [6.45, 7) is 3.17. The van der Waals surface area contributed by atoms with Crippen molar-refractivity contribution < 1.29 is 19.1 Å². The molecule has 2 N–H and O–H groups in total. The molecule has 0 atom stereocenters. The molecular weight excluding hydrogens is 380 g/mol. The standard InChI is InChI=1S/C24H30N2O4/c1-18-4-2-5-22(16-18)29-15-3-6-23(27)25-14-13-19-7-11-21(12-8-19)30-17-24(28)26-20-9-10-20/h2,4-5,7-8,11-12,16,20H,3,6,9-10,13-15,17H2,1H3,(H,25,27)(H,26,28). The minimum Gasteiger partial charge on any atom is -0.494 e. The van der Waals surface area contributed by atoms with Crippen LogP contribution < -0.4 is 20.1 Å². The number of benzene rings is 2. The molecule has 2 aromatic rings. The molecule has 6 nitrogen and oxygen atoms in total. The smallest absolute Gasteiger partial charge is 0.258 e. The van der Waals surface area contributed by atoms with Gasteiger partial charge in [0, 0.05) is 19.0 Å². The quantitative estimate of drug-likeness (QED) is 0.527. The van der Waals surface area contributed by atoms with Gasteiger partial charge in [-0.1, -0.05) is 24.3 Å². The van der Waals surface area contributed by atoms with Gasteiger partial charge < -0.3 is 20.1 Å². The average Bonchev–Trinajstić information content (AvgIpc) is 3.55. The Labute approximate surface area is 178 Å². The van der Waals surface area contributed by atoms with Gasteiger partial charge in [-0.05, 0) is 68.0 Å². The second-order valence-electron chi connectivity index (χ2n) is 7.64. The summed E-state index contributed by atoms with van der Waals surface area (Å²) in [5, 5.41) is 5.83. The number of aryl methyl sites for hydroxylation is 1. The van der Waals surface area contributed by atoms with Crippen molar-refractivity contribution >= 4 is 11.8 Å². The van der Waals surface area contributed by atoms with Gasteiger partial charge in [0.2, 0.25) is 5.91 Å². The zero-order chi connectivity index (χ0) is 21.2. The van der Waals surface area contributed by atoms with Crippen molar-refractivity contribution in [1.29, 1.82) is 0 Å². The Kier molecular flexibility index (Phi) is 8.12. The van der Waals surface area contributed by atoms with Crippen molar-refractivity contribution in [3.05, 3.63) is 59.7 Å². The molecule has 1 fully saturated rings. The van der Waals surface area contributed by atoms with Crippen LogP contribution in [-0.2, 0) is 16.0 Å². The monoisotopic (exact) mass is 410 g/mol. The number of carbonyl (C=O) groups is 2. The second kappa shape index (κ2) is 11.2. The molecule has 0 spiro atoms. The molecule has 1 aliphatic carbocycles. The van der Waals surface area contributed by atoms with E-state index in [4.69, 9.17) is 9.47 Å². The maximum Gasteiger partial charge on any atom is 0.258 e. The highest BCUT2D eigenvalue weighted by Gasteiger charge is 2.23. The van der Waals surface area contributed by atoms with Crippen LogP contribution >= 0.6 is 0 Å². The van der Waals surface area contributed by atoms with Crippen LogP contribution in [-0.4, -0.2) is 37.6 Å². The maximum atomic E-state index is 12.0. The molecule has 3 rings (SSSR count). The predicted octanol–water partition coefficient (Wildman–Crippen LogP) is 3.17. The normalized spacial score (nSPS) is 12.8. The highest BCUT2D eigenvalue weighted by atomic mass is 16.5. The molecule has 0 radical (unpaired) electrons. The van der Waals surface area contributed by atoms with Crippen LogP contribution in [0.3, 0.4) is 0 Å². The van der Waals surface area contributed by atoms with Crippen molar-refractivity contribution in [2.75, 3.05) is 19.8 Å². The van der Waals surface area contributed by atoms with Crippen LogP contribution in [0.15, 0.2) is 48.5 Å². The Morgan fingerprint density at radius 1 is 1.00 bits per heavy atom. The molecule has 2 amide bonds. The van der Waals surface area contributed by atoms with Crippen molar-refractivity contribution in [2.24, 2.45) is 0 Å². The summed E-state index contributed by atoms with van der Waals surface area (Å²) < 4.78 is 11.2. The number of hydrogen-bond donors (Lipinski definition) is 2. The van der Waals surface area contributed by atoms with Gasteiger partial charge in [-0.15, -0.1) is 0 Å². The van der Waals surface area contributed by atoms with E-state index in [1.165, 1.54) is 0 Å². The fourth-order valence-corrected chi connectivity index (χ4v) is 2.96. The Morgan fingerprint density at radius 3 is 2.53 bits per heavy atom. The zero-order valence-corrected chi connectivity index (χ0v) is 17.5. The molecule has 6 heteroatoms. The fraction of sp³-hybridized carbons (Fsp3) is 0.417. The Balaban J connectivity index is 1.25. The summed E-state index contributed by atoms with van der Waals surface area (Å²) in [6.07, 6.45) is 4.01. The number of hydrogen-bond acceptors (Lipinski definition) is 4. The molecule has 0 heterocycles. The maximum absolute atomic E-state index is 12.0. The first-order chi connectivity index (χ1) is 14.6. The zero-order valence-electron chi connectivity index (χ0n) is 17.5. The molecule has 0 aliphatic heterocycles. The third kappa shape index (κ3) is 8.15. The third-order valence-electron chi connectivity index (χ3n) is 4.78. The molecule has 0 bridgehead atoms. The first-order valence-electron chi connectivity index (χ1n) is 10.6. The van der Waals surface area contributed by atoms with Crippen molar-refractivity contribution in [3.8, 4) is 11.5 Å². The lowest BCUT2D eigenvalue weighted by molar-refractivity contribution is -0.123. The van der Waals surface area contributed by atoms with Crippen molar-refractivity contribution in [2.45, 2.75) is 45.1 Å². The molecular formula is C24H30N2O4. The van der Waals surface area contributed by atoms with Crippen LogP contribution in [0.1, 0.15) is 36.8 Å². The minimum atomic E-state index is -0.0754. The van der Waals surface area contributed by atoms with Gasteiger partial charge in [0.05, 0.1) is 6.61 Å². The van der Waals surface area contributed by atoms with Gasteiger partial charge in [0.1, 0.15) is 11.5 Å². The van der Waals surface area contributed by atoms with Crippen molar-refractivity contribution in [3.63, 3.8) is 0 Å². The fourth-order valence-electron chi connectivity index (χ4n) is 2.96. The van der Waals surface area contributed by atoms with Crippen LogP contribution in [0, 0.1) is 6.92 Å². The van der Waals surface area contributed by atoms with Gasteiger partial charge in [-0.2, -0.15) is 0 Å². The lowest BCUT2D eigenvalue weighted by Crippen LogP contribution is -2.30. The molecule has 0 unspecified atom stereocenters. The number of nitrogens with one attached hydrogen (secondary N) is 2. The van der Waals surface area contributed by atoms with E-state index in [0.717, 1.165) is 36.1 Å². The highest BCUT2D eigenvalue weighted by Crippen LogP contribution is 2.18. The molecule has 0 saturated heterocycles. The number of amides is 2. The first-order valence-corrected chi connectivity index (χ1v) is 10.6. The summed E-state index contributed by atoms with van der Waals surface area (Å²) in [6, 6.07) is 15.8. The Hall–Kier alpha value is -3.02.